The van der Waals surface area contributed by atoms with Crippen LogP contribution in [0.5, 0.6) is 0 Å². The topological polar surface area (TPSA) is 66.3 Å². The maximum Gasteiger partial charge on any atom is 0.445 e. The van der Waals surface area contributed by atoms with Crippen molar-refractivity contribution in [2.45, 2.75) is 6.18 Å². The molecule has 0 atom stereocenters. The molecule has 1 aromatic heterocycles. The largest absolute Gasteiger partial charge is 0.480 e. The van der Waals surface area contributed by atoms with Gasteiger partial charge in [-0.2, -0.15) is 13.2 Å². The third-order valence-corrected chi connectivity index (χ3v) is 2.56. The van der Waals surface area contributed by atoms with Crippen molar-refractivity contribution in [3.05, 3.63) is 5.01 Å². The molecule has 0 unspecified atom stereocenters. The van der Waals surface area contributed by atoms with E-state index in [0.29, 0.717) is 0 Å². The number of anilines is 1. The van der Waals surface area contributed by atoms with Crippen molar-refractivity contribution >= 4 is 22.4 Å². The van der Waals surface area contributed by atoms with Crippen molar-refractivity contribution in [2.75, 3.05) is 18.0 Å². The first-order valence-corrected chi connectivity index (χ1v) is 4.97. The van der Waals surface area contributed by atoms with Gasteiger partial charge >= 0.3 is 12.1 Å². The van der Waals surface area contributed by atoms with Gasteiger partial charge in [0.15, 0.2) is 0 Å². The second-order valence-corrected chi connectivity index (χ2v) is 3.80. The Labute approximate surface area is 97.9 Å². The molecule has 0 saturated heterocycles. The predicted molar refractivity (Wildman–Crippen MR) is 53.6 cm³/mol. The van der Waals surface area contributed by atoms with E-state index in [0.717, 1.165) is 4.90 Å². The molecule has 17 heavy (non-hydrogen) atoms. The predicted octanol–water partition coefficient (Wildman–Crippen LogP) is 1.08. The van der Waals surface area contributed by atoms with Gasteiger partial charge in [0.1, 0.15) is 6.54 Å². The molecule has 0 amide bonds. The molecule has 0 aromatic carbocycles. The Balaban J connectivity index is 2.92. The third kappa shape index (κ3) is 3.60. The Morgan fingerprint density at radius 2 is 2.18 bits per heavy atom. The number of halogens is 3. The number of aromatic nitrogens is 2. The standard InChI is InChI=1S/C8H6F3N3O2S/c1-2-3-14(4-5(15)16)7-13-12-6(17-7)8(9,10)11/h1H,3-4H2,(H,15,16). The molecule has 0 radical (unpaired) electrons. The van der Waals surface area contributed by atoms with Crippen LogP contribution in [0.25, 0.3) is 0 Å². The van der Waals surface area contributed by atoms with Gasteiger partial charge < -0.3 is 10.0 Å². The minimum atomic E-state index is -4.60. The molecular weight excluding hydrogens is 259 g/mol. The van der Waals surface area contributed by atoms with E-state index < -0.39 is 23.7 Å². The SMILES string of the molecule is C#CCN(CC(=O)O)c1nnc(C(F)(F)F)s1. The summed E-state index contributed by atoms with van der Waals surface area (Å²) in [6.45, 7) is -0.685. The van der Waals surface area contributed by atoms with Crippen molar-refractivity contribution in [2.24, 2.45) is 0 Å². The van der Waals surface area contributed by atoms with E-state index >= 15 is 0 Å². The van der Waals surface area contributed by atoms with E-state index in [9.17, 15) is 18.0 Å². The number of rotatable bonds is 4. The van der Waals surface area contributed by atoms with Crippen LogP contribution in [0.15, 0.2) is 0 Å². The van der Waals surface area contributed by atoms with Gasteiger partial charge in [-0.3, -0.25) is 4.79 Å². The summed E-state index contributed by atoms with van der Waals surface area (Å²) in [4.78, 5) is 11.5. The highest BCUT2D eigenvalue weighted by Crippen LogP contribution is 2.34. The molecule has 0 aliphatic carbocycles. The van der Waals surface area contributed by atoms with E-state index in [-0.39, 0.29) is 23.0 Å². The molecule has 1 N–H and O–H groups in total. The summed E-state index contributed by atoms with van der Waals surface area (Å²) in [5.74, 6) is 0.921. The average Bonchev–Trinajstić information content (AvgIpc) is 2.64. The number of carboxylic acid groups (broad SMARTS) is 1. The summed E-state index contributed by atoms with van der Waals surface area (Å²) in [5, 5.41) is 13.5. The van der Waals surface area contributed by atoms with Crippen molar-refractivity contribution in [3.8, 4) is 12.3 Å². The number of carbonyl (C=O) groups is 1. The summed E-state index contributed by atoms with van der Waals surface area (Å²) in [6.07, 6.45) is 0.388. The number of aliphatic carboxylic acids is 1. The Bertz CT molecular complexity index is 452. The second-order valence-electron chi connectivity index (χ2n) is 2.84. The maximum absolute atomic E-state index is 12.2. The molecule has 0 aliphatic rings. The monoisotopic (exact) mass is 265 g/mol. The van der Waals surface area contributed by atoms with Crippen molar-refractivity contribution in [1.29, 1.82) is 0 Å². The van der Waals surface area contributed by atoms with Crippen LogP contribution in [0, 0.1) is 12.3 Å². The van der Waals surface area contributed by atoms with Crippen LogP contribution in [-0.4, -0.2) is 34.4 Å². The quantitative estimate of drug-likeness (QED) is 0.825. The highest BCUT2D eigenvalue weighted by Gasteiger charge is 2.36. The lowest BCUT2D eigenvalue weighted by Gasteiger charge is -2.14. The van der Waals surface area contributed by atoms with Crippen LogP contribution < -0.4 is 4.90 Å². The van der Waals surface area contributed by atoms with E-state index in [1.165, 1.54) is 0 Å². The van der Waals surface area contributed by atoms with Crippen molar-refractivity contribution < 1.29 is 23.1 Å². The first-order chi connectivity index (χ1) is 7.84. The molecule has 0 spiro atoms. The number of hydrogen-bond acceptors (Lipinski definition) is 5. The zero-order valence-electron chi connectivity index (χ0n) is 8.23. The molecule has 0 bridgehead atoms. The molecule has 1 rings (SSSR count). The van der Waals surface area contributed by atoms with E-state index in [4.69, 9.17) is 11.5 Å². The average molecular weight is 265 g/mol. The number of terminal acetylenes is 1. The van der Waals surface area contributed by atoms with Gasteiger partial charge in [-0.1, -0.05) is 17.3 Å². The molecule has 1 heterocycles. The van der Waals surface area contributed by atoms with E-state index in [1.54, 1.807) is 0 Å². The van der Waals surface area contributed by atoms with Crippen molar-refractivity contribution in [3.63, 3.8) is 0 Å². The lowest BCUT2D eigenvalue weighted by molar-refractivity contribution is -0.138. The first-order valence-electron chi connectivity index (χ1n) is 4.15. The highest BCUT2D eigenvalue weighted by atomic mass is 32.1. The van der Waals surface area contributed by atoms with Crippen molar-refractivity contribution in [1.82, 2.24) is 10.2 Å². The fourth-order valence-corrected chi connectivity index (χ4v) is 1.63. The first kappa shape index (κ1) is 13.2. The summed E-state index contributed by atoms with van der Waals surface area (Å²) in [5.41, 5.74) is 0. The number of carboxylic acids is 1. The zero-order chi connectivity index (χ0) is 13.1. The summed E-state index contributed by atoms with van der Waals surface area (Å²) >= 11 is 0.250. The van der Waals surface area contributed by atoms with Gasteiger partial charge in [0.05, 0.1) is 6.54 Å². The van der Waals surface area contributed by atoms with Crippen LogP contribution in [0.3, 0.4) is 0 Å². The minimum Gasteiger partial charge on any atom is -0.480 e. The van der Waals surface area contributed by atoms with Gasteiger partial charge in [0, 0.05) is 0 Å². The van der Waals surface area contributed by atoms with E-state index in [1.807, 2.05) is 0 Å². The van der Waals surface area contributed by atoms with Gasteiger partial charge in [-0.15, -0.1) is 16.6 Å². The highest BCUT2D eigenvalue weighted by molar-refractivity contribution is 7.15. The molecule has 0 fully saturated rings. The number of alkyl halides is 3. The van der Waals surface area contributed by atoms with Gasteiger partial charge in [-0.25, -0.2) is 0 Å². The molecule has 0 saturated carbocycles. The zero-order valence-corrected chi connectivity index (χ0v) is 9.05. The van der Waals surface area contributed by atoms with Gasteiger partial charge in [0.25, 0.3) is 0 Å². The molecule has 92 valence electrons. The Morgan fingerprint density at radius 1 is 1.53 bits per heavy atom. The Morgan fingerprint density at radius 3 is 2.59 bits per heavy atom. The lowest BCUT2D eigenvalue weighted by Crippen LogP contribution is -2.29. The normalized spacial score (nSPS) is 10.9. The van der Waals surface area contributed by atoms with Crippen LogP contribution in [0.2, 0.25) is 0 Å². The van der Waals surface area contributed by atoms with E-state index in [2.05, 4.69) is 16.1 Å². The summed E-state index contributed by atoms with van der Waals surface area (Å²) < 4.78 is 36.7. The molecule has 0 aliphatic heterocycles. The van der Waals surface area contributed by atoms with Crippen LogP contribution in [-0.2, 0) is 11.0 Å². The Kier molecular flexibility index (Phi) is 3.90. The lowest BCUT2D eigenvalue weighted by atomic mass is 10.5. The fraction of sp³-hybridized carbons (Fsp3) is 0.375. The van der Waals surface area contributed by atoms with Crippen LogP contribution >= 0.6 is 11.3 Å². The van der Waals surface area contributed by atoms with Crippen LogP contribution in [0.1, 0.15) is 5.01 Å². The smallest absolute Gasteiger partial charge is 0.445 e. The molecule has 5 nitrogen and oxygen atoms in total. The molecular formula is C8H6F3N3O2S. The fourth-order valence-electron chi connectivity index (χ4n) is 0.922. The summed E-state index contributed by atoms with van der Waals surface area (Å²) in [7, 11) is 0. The summed E-state index contributed by atoms with van der Waals surface area (Å²) in [6, 6.07) is 0. The van der Waals surface area contributed by atoms with Crippen LogP contribution in [0.4, 0.5) is 18.3 Å². The Hall–Kier alpha value is -1.82. The molecule has 9 heteroatoms. The minimum absolute atomic E-state index is 0.154. The van der Waals surface area contributed by atoms with Gasteiger partial charge in [-0.05, 0) is 0 Å². The third-order valence-electron chi connectivity index (χ3n) is 1.54. The number of hydrogen-bond donors (Lipinski definition) is 1. The van der Waals surface area contributed by atoms with Gasteiger partial charge in [0.2, 0.25) is 10.1 Å². The second kappa shape index (κ2) is 5.01. The molecule has 1 aromatic rings. The number of nitrogens with zero attached hydrogens (tertiary/aromatic N) is 3. The maximum atomic E-state index is 12.2.